The van der Waals surface area contributed by atoms with Gasteiger partial charge in [-0.05, 0) is 41.5 Å². The summed E-state index contributed by atoms with van der Waals surface area (Å²) in [6.07, 6.45) is -8.27. The third-order valence-corrected chi connectivity index (χ3v) is 3.12. The average molecular weight is 376 g/mol. The van der Waals surface area contributed by atoms with Gasteiger partial charge in [-0.1, -0.05) is 18.2 Å². The fourth-order valence-corrected chi connectivity index (χ4v) is 2.15. The highest BCUT2D eigenvalue weighted by Gasteiger charge is 2.33. The van der Waals surface area contributed by atoms with Crippen LogP contribution in [0.5, 0.6) is 5.75 Å². The number of halogens is 6. The van der Waals surface area contributed by atoms with E-state index in [4.69, 9.17) is 5.11 Å². The van der Waals surface area contributed by atoms with Gasteiger partial charge in [0.25, 0.3) is 0 Å². The van der Waals surface area contributed by atoms with Crippen LogP contribution in [0.1, 0.15) is 11.1 Å². The lowest BCUT2D eigenvalue weighted by Crippen LogP contribution is -2.17. The first-order chi connectivity index (χ1) is 12.0. The number of rotatable bonds is 4. The first kappa shape index (κ1) is 19.4. The highest BCUT2D eigenvalue weighted by Crippen LogP contribution is 2.38. The molecule has 0 amide bonds. The molecule has 138 valence electrons. The zero-order chi connectivity index (χ0) is 19.5. The molecule has 1 N–H and O–H groups in total. The standard InChI is InChI=1S/C17H10F6O3/c18-16(19,20)12-8-10(5-6-15(24)25)7-11(9-12)13-3-1-2-4-14(13)26-17(21,22)23/h1-9H,(H,24,25)/b6-5+. The number of carboxylic acid groups (broad SMARTS) is 1. The van der Waals surface area contributed by atoms with E-state index in [-0.39, 0.29) is 16.7 Å². The van der Waals surface area contributed by atoms with E-state index < -0.39 is 29.8 Å². The van der Waals surface area contributed by atoms with Gasteiger partial charge in [0.1, 0.15) is 5.75 Å². The number of para-hydroxylation sites is 1. The fraction of sp³-hybridized carbons (Fsp3) is 0.118. The van der Waals surface area contributed by atoms with Crippen molar-refractivity contribution >= 4 is 12.0 Å². The lowest BCUT2D eigenvalue weighted by atomic mass is 9.98. The van der Waals surface area contributed by atoms with Crippen molar-refractivity contribution in [3.63, 3.8) is 0 Å². The Balaban J connectivity index is 2.62. The molecule has 3 nitrogen and oxygen atoms in total. The second kappa shape index (κ2) is 7.11. The summed E-state index contributed by atoms with van der Waals surface area (Å²) in [4.78, 5) is 10.6. The van der Waals surface area contributed by atoms with E-state index in [0.717, 1.165) is 18.2 Å². The smallest absolute Gasteiger partial charge is 0.478 e. The quantitative estimate of drug-likeness (QED) is 0.577. The summed E-state index contributed by atoms with van der Waals surface area (Å²) in [7, 11) is 0. The molecule has 2 aromatic rings. The first-order valence-electron chi connectivity index (χ1n) is 6.94. The topological polar surface area (TPSA) is 46.5 Å². The van der Waals surface area contributed by atoms with Crippen LogP contribution in [0, 0.1) is 0 Å². The van der Waals surface area contributed by atoms with Gasteiger partial charge in [0.2, 0.25) is 0 Å². The molecule has 0 aliphatic carbocycles. The van der Waals surface area contributed by atoms with Gasteiger partial charge in [-0.15, -0.1) is 13.2 Å². The molecule has 0 heterocycles. The molecule has 9 heteroatoms. The Morgan fingerprint density at radius 2 is 1.65 bits per heavy atom. The van der Waals surface area contributed by atoms with Crippen molar-refractivity contribution in [2.75, 3.05) is 0 Å². The molecule has 0 saturated carbocycles. The van der Waals surface area contributed by atoms with Crippen molar-refractivity contribution in [1.82, 2.24) is 0 Å². The summed E-state index contributed by atoms with van der Waals surface area (Å²) >= 11 is 0. The van der Waals surface area contributed by atoms with Crippen LogP contribution in [0.25, 0.3) is 17.2 Å². The molecule has 2 aromatic carbocycles. The molecule has 0 spiro atoms. The van der Waals surface area contributed by atoms with E-state index in [1.807, 2.05) is 0 Å². The van der Waals surface area contributed by atoms with E-state index in [9.17, 15) is 31.1 Å². The number of benzene rings is 2. The lowest BCUT2D eigenvalue weighted by Gasteiger charge is -2.15. The van der Waals surface area contributed by atoms with Crippen molar-refractivity contribution in [3.8, 4) is 16.9 Å². The zero-order valence-electron chi connectivity index (χ0n) is 12.7. The van der Waals surface area contributed by atoms with Crippen molar-refractivity contribution in [3.05, 3.63) is 59.7 Å². The Kier molecular flexibility index (Phi) is 5.29. The van der Waals surface area contributed by atoms with Gasteiger partial charge in [-0.25, -0.2) is 4.79 Å². The minimum atomic E-state index is -5.02. The molecule has 0 bridgehead atoms. The van der Waals surface area contributed by atoms with Crippen LogP contribution in [0.15, 0.2) is 48.5 Å². The molecular weight excluding hydrogens is 366 g/mol. The third-order valence-electron chi connectivity index (χ3n) is 3.12. The number of hydrogen-bond donors (Lipinski definition) is 1. The molecule has 0 aliphatic heterocycles. The predicted molar refractivity (Wildman–Crippen MR) is 80.2 cm³/mol. The SMILES string of the molecule is O=C(O)/C=C/c1cc(-c2ccccc2OC(F)(F)F)cc(C(F)(F)F)c1. The van der Waals surface area contributed by atoms with Crippen molar-refractivity contribution in [2.45, 2.75) is 12.5 Å². The molecule has 0 aromatic heterocycles. The average Bonchev–Trinajstić information content (AvgIpc) is 2.51. The molecular formula is C17H10F6O3. The summed E-state index contributed by atoms with van der Waals surface area (Å²) < 4.78 is 80.7. The number of alkyl halides is 6. The Morgan fingerprint density at radius 1 is 1.00 bits per heavy atom. The maximum atomic E-state index is 13.1. The number of aliphatic carboxylic acids is 1. The van der Waals surface area contributed by atoms with E-state index in [0.29, 0.717) is 18.2 Å². The normalized spacial score (nSPS) is 12.4. The predicted octanol–water partition coefficient (Wildman–Crippen LogP) is 5.37. The third kappa shape index (κ3) is 5.27. The minimum absolute atomic E-state index is 0.140. The zero-order valence-corrected chi connectivity index (χ0v) is 12.7. The molecule has 0 saturated heterocycles. The molecule has 26 heavy (non-hydrogen) atoms. The van der Waals surface area contributed by atoms with Crippen LogP contribution < -0.4 is 4.74 Å². The van der Waals surface area contributed by atoms with E-state index in [2.05, 4.69) is 4.74 Å². The first-order valence-corrected chi connectivity index (χ1v) is 6.94. The maximum absolute atomic E-state index is 13.1. The second-order valence-electron chi connectivity index (χ2n) is 5.06. The van der Waals surface area contributed by atoms with Crippen molar-refractivity contribution in [1.29, 1.82) is 0 Å². The Labute approximate surface area is 143 Å². The van der Waals surface area contributed by atoms with Gasteiger partial charge < -0.3 is 9.84 Å². The van der Waals surface area contributed by atoms with Gasteiger partial charge in [-0.3, -0.25) is 0 Å². The molecule has 2 rings (SSSR count). The minimum Gasteiger partial charge on any atom is -0.478 e. The lowest BCUT2D eigenvalue weighted by molar-refractivity contribution is -0.274. The molecule has 0 unspecified atom stereocenters. The maximum Gasteiger partial charge on any atom is 0.573 e. The van der Waals surface area contributed by atoms with Crippen molar-refractivity contribution < 1.29 is 41.0 Å². The van der Waals surface area contributed by atoms with Gasteiger partial charge >= 0.3 is 18.5 Å². The summed E-state index contributed by atoms with van der Waals surface area (Å²) in [6.45, 7) is 0. The van der Waals surface area contributed by atoms with Gasteiger partial charge in [0, 0.05) is 11.6 Å². The number of ether oxygens (including phenoxy) is 1. The number of carbonyl (C=O) groups is 1. The highest BCUT2D eigenvalue weighted by molar-refractivity contribution is 5.86. The monoisotopic (exact) mass is 376 g/mol. The number of carboxylic acids is 1. The summed E-state index contributed by atoms with van der Waals surface area (Å²) in [5.41, 5.74) is -1.70. The van der Waals surface area contributed by atoms with E-state index >= 15 is 0 Å². The van der Waals surface area contributed by atoms with Crippen LogP contribution in [-0.4, -0.2) is 17.4 Å². The van der Waals surface area contributed by atoms with Crippen LogP contribution in [0.3, 0.4) is 0 Å². The Morgan fingerprint density at radius 3 is 2.23 bits per heavy atom. The van der Waals surface area contributed by atoms with Crippen LogP contribution in [0.4, 0.5) is 26.3 Å². The summed E-state index contributed by atoms with van der Waals surface area (Å²) in [5.74, 6) is -2.06. The second-order valence-corrected chi connectivity index (χ2v) is 5.06. The van der Waals surface area contributed by atoms with Crippen LogP contribution in [-0.2, 0) is 11.0 Å². The molecule has 0 fully saturated rings. The van der Waals surface area contributed by atoms with Gasteiger partial charge in [0.05, 0.1) is 5.56 Å². The fourth-order valence-electron chi connectivity index (χ4n) is 2.15. The Bertz CT molecular complexity index is 837. The van der Waals surface area contributed by atoms with Gasteiger partial charge in [0.15, 0.2) is 0 Å². The largest absolute Gasteiger partial charge is 0.573 e. The Hall–Kier alpha value is -2.97. The highest BCUT2D eigenvalue weighted by atomic mass is 19.4. The molecule has 0 radical (unpaired) electrons. The molecule has 0 aliphatic rings. The number of hydrogen-bond acceptors (Lipinski definition) is 2. The summed E-state index contributed by atoms with van der Waals surface area (Å²) in [6, 6.07) is 7.20. The van der Waals surface area contributed by atoms with Crippen LogP contribution >= 0.6 is 0 Å². The van der Waals surface area contributed by atoms with Gasteiger partial charge in [-0.2, -0.15) is 13.2 Å². The van der Waals surface area contributed by atoms with Crippen molar-refractivity contribution in [2.24, 2.45) is 0 Å². The molecule has 0 atom stereocenters. The van der Waals surface area contributed by atoms with Crippen LogP contribution in [0.2, 0.25) is 0 Å². The van der Waals surface area contributed by atoms with E-state index in [1.165, 1.54) is 18.2 Å². The summed E-state index contributed by atoms with van der Waals surface area (Å²) in [5, 5.41) is 8.61. The van der Waals surface area contributed by atoms with E-state index in [1.54, 1.807) is 0 Å².